The van der Waals surface area contributed by atoms with Gasteiger partial charge in [0.2, 0.25) is 5.75 Å². The molecular weight excluding hydrogens is 442 g/mol. The van der Waals surface area contributed by atoms with E-state index in [-0.39, 0.29) is 12.5 Å². The predicted molar refractivity (Wildman–Crippen MR) is 127 cm³/mol. The van der Waals surface area contributed by atoms with Crippen LogP contribution < -0.4 is 23.8 Å². The summed E-state index contributed by atoms with van der Waals surface area (Å²) in [5, 5.41) is 0.544. The Bertz CT molecular complexity index is 1250. The quantitative estimate of drug-likeness (QED) is 0.377. The number of aromatic nitrogens is 2. The molecule has 2 aromatic carbocycles. The second kappa shape index (κ2) is 9.74. The second-order valence-electron chi connectivity index (χ2n) is 6.96. The van der Waals surface area contributed by atoms with Crippen molar-refractivity contribution in [3.63, 3.8) is 0 Å². The number of nitrogens with zero attached hydrogens (tertiary/aromatic N) is 3. The molecule has 9 heteroatoms. The van der Waals surface area contributed by atoms with Crippen LogP contribution in [0.25, 0.3) is 10.2 Å². The van der Waals surface area contributed by atoms with E-state index < -0.39 is 0 Å². The molecule has 8 nitrogen and oxygen atoms in total. The number of benzene rings is 2. The van der Waals surface area contributed by atoms with Gasteiger partial charge in [-0.2, -0.15) is 0 Å². The van der Waals surface area contributed by atoms with Crippen LogP contribution in [-0.4, -0.2) is 44.3 Å². The van der Waals surface area contributed by atoms with Crippen LogP contribution in [0.4, 0.5) is 5.13 Å². The first-order valence-electron chi connectivity index (χ1n) is 10.0. The minimum absolute atomic E-state index is 0.243. The van der Waals surface area contributed by atoms with Crippen molar-refractivity contribution in [3.8, 4) is 23.0 Å². The van der Waals surface area contributed by atoms with E-state index in [1.807, 2.05) is 36.4 Å². The lowest BCUT2D eigenvalue weighted by Crippen LogP contribution is -2.30. The van der Waals surface area contributed by atoms with Gasteiger partial charge in [0.25, 0.3) is 5.91 Å². The van der Waals surface area contributed by atoms with E-state index in [0.29, 0.717) is 33.7 Å². The van der Waals surface area contributed by atoms with E-state index in [2.05, 4.69) is 4.98 Å². The topological polar surface area (TPSA) is 83.0 Å². The zero-order chi connectivity index (χ0) is 23.4. The summed E-state index contributed by atoms with van der Waals surface area (Å²) in [6, 6.07) is 14.5. The number of amides is 1. The van der Waals surface area contributed by atoms with Crippen LogP contribution in [0.5, 0.6) is 23.0 Å². The predicted octanol–water partition coefficient (Wildman–Crippen LogP) is 4.57. The number of pyridine rings is 1. The van der Waals surface area contributed by atoms with E-state index in [1.165, 1.54) is 32.7 Å². The van der Waals surface area contributed by atoms with E-state index in [4.69, 9.17) is 23.9 Å². The molecule has 0 atom stereocenters. The fourth-order valence-electron chi connectivity index (χ4n) is 3.38. The molecule has 0 aliphatic heterocycles. The Balaban J connectivity index is 1.81. The third kappa shape index (κ3) is 4.54. The van der Waals surface area contributed by atoms with Gasteiger partial charge in [0, 0.05) is 17.8 Å². The number of rotatable bonds is 8. The highest BCUT2D eigenvalue weighted by Gasteiger charge is 2.25. The van der Waals surface area contributed by atoms with Crippen LogP contribution in [-0.2, 0) is 6.54 Å². The highest BCUT2D eigenvalue weighted by molar-refractivity contribution is 7.22. The summed E-state index contributed by atoms with van der Waals surface area (Å²) >= 11 is 1.42. The number of ether oxygens (including phenoxy) is 4. The van der Waals surface area contributed by atoms with Crippen LogP contribution in [0.3, 0.4) is 0 Å². The molecule has 0 saturated heterocycles. The summed E-state index contributed by atoms with van der Waals surface area (Å²) in [4.78, 5) is 24.5. The minimum atomic E-state index is -0.272. The zero-order valence-corrected chi connectivity index (χ0v) is 19.5. The molecule has 0 bridgehead atoms. The van der Waals surface area contributed by atoms with Crippen LogP contribution >= 0.6 is 11.3 Å². The number of carbonyl (C=O) groups excluding carboxylic acids is 1. The molecule has 0 fully saturated rings. The molecule has 0 N–H and O–H groups in total. The van der Waals surface area contributed by atoms with E-state index in [9.17, 15) is 4.79 Å². The van der Waals surface area contributed by atoms with Gasteiger partial charge >= 0.3 is 0 Å². The van der Waals surface area contributed by atoms with Crippen LogP contribution in [0.2, 0.25) is 0 Å². The fourth-order valence-corrected chi connectivity index (χ4v) is 4.32. The molecule has 0 aliphatic rings. The first kappa shape index (κ1) is 22.3. The number of hydrogen-bond acceptors (Lipinski definition) is 8. The summed E-state index contributed by atoms with van der Waals surface area (Å²) in [5.74, 6) is 1.64. The van der Waals surface area contributed by atoms with Gasteiger partial charge < -0.3 is 18.9 Å². The standard InChI is InChI=1S/C24H23N3O5S/c1-29-17-8-9-21-18(13-17)26-24(33-21)27(14-16-7-5-6-10-25-16)23(28)15-11-19(30-2)22(32-4)20(12-15)31-3/h5-13H,14H2,1-4H3. The Labute approximate surface area is 195 Å². The largest absolute Gasteiger partial charge is 0.497 e. The number of hydrogen-bond donors (Lipinski definition) is 0. The number of methoxy groups -OCH3 is 4. The van der Waals surface area contributed by atoms with Crippen molar-refractivity contribution in [3.05, 3.63) is 66.0 Å². The molecule has 170 valence electrons. The normalized spacial score (nSPS) is 10.7. The van der Waals surface area contributed by atoms with Gasteiger partial charge in [-0.05, 0) is 36.4 Å². The Morgan fingerprint density at radius 1 is 0.939 bits per heavy atom. The van der Waals surface area contributed by atoms with Crippen molar-refractivity contribution in [1.29, 1.82) is 0 Å². The van der Waals surface area contributed by atoms with Crippen molar-refractivity contribution >= 4 is 32.6 Å². The molecule has 2 aromatic heterocycles. The van der Waals surface area contributed by atoms with Crippen molar-refractivity contribution < 1.29 is 23.7 Å². The molecular formula is C24H23N3O5S. The summed E-state index contributed by atoms with van der Waals surface area (Å²) in [6.07, 6.45) is 1.70. The van der Waals surface area contributed by atoms with Gasteiger partial charge in [-0.1, -0.05) is 17.4 Å². The van der Waals surface area contributed by atoms with Gasteiger partial charge in [0.1, 0.15) is 5.75 Å². The summed E-state index contributed by atoms with van der Waals surface area (Å²) < 4.78 is 22.5. The first-order valence-corrected chi connectivity index (χ1v) is 10.9. The molecule has 33 heavy (non-hydrogen) atoms. The van der Waals surface area contributed by atoms with E-state index in [1.54, 1.807) is 30.3 Å². The first-order chi connectivity index (χ1) is 16.1. The molecule has 4 aromatic rings. The van der Waals surface area contributed by atoms with Crippen molar-refractivity contribution in [2.45, 2.75) is 6.54 Å². The Morgan fingerprint density at radius 2 is 1.70 bits per heavy atom. The lowest BCUT2D eigenvalue weighted by atomic mass is 10.1. The zero-order valence-electron chi connectivity index (χ0n) is 18.7. The third-order valence-corrected chi connectivity index (χ3v) is 6.08. The maximum atomic E-state index is 13.8. The Hall–Kier alpha value is -3.85. The maximum absolute atomic E-state index is 13.8. The van der Waals surface area contributed by atoms with Crippen molar-refractivity contribution in [2.24, 2.45) is 0 Å². The van der Waals surface area contributed by atoms with Crippen molar-refractivity contribution in [1.82, 2.24) is 9.97 Å². The Kier molecular flexibility index (Phi) is 6.60. The fraction of sp³-hybridized carbons (Fsp3) is 0.208. The van der Waals surface area contributed by atoms with Crippen molar-refractivity contribution in [2.75, 3.05) is 33.3 Å². The molecule has 0 radical (unpaired) electrons. The average molecular weight is 466 g/mol. The van der Waals surface area contributed by atoms with Crippen LogP contribution in [0.1, 0.15) is 16.1 Å². The highest BCUT2D eigenvalue weighted by atomic mass is 32.1. The summed E-state index contributed by atoms with van der Waals surface area (Å²) in [6.45, 7) is 0.243. The SMILES string of the molecule is COc1ccc2sc(N(Cc3ccccn3)C(=O)c3cc(OC)c(OC)c(OC)c3)nc2c1. The number of thiazole rings is 1. The second-order valence-corrected chi connectivity index (χ2v) is 7.97. The summed E-state index contributed by atoms with van der Waals surface area (Å²) in [5.41, 5.74) is 1.85. The van der Waals surface area contributed by atoms with E-state index >= 15 is 0 Å². The van der Waals surface area contributed by atoms with E-state index in [0.717, 1.165) is 15.9 Å². The third-order valence-electron chi connectivity index (χ3n) is 5.02. The number of carbonyl (C=O) groups is 1. The highest BCUT2D eigenvalue weighted by Crippen LogP contribution is 2.39. The lowest BCUT2D eigenvalue weighted by Gasteiger charge is -2.21. The molecule has 1 amide bonds. The van der Waals surface area contributed by atoms with Gasteiger partial charge in [-0.15, -0.1) is 0 Å². The summed E-state index contributed by atoms with van der Waals surface area (Å²) in [7, 11) is 6.15. The van der Waals surface area contributed by atoms with Gasteiger partial charge in [0.15, 0.2) is 16.6 Å². The van der Waals surface area contributed by atoms with Gasteiger partial charge in [0.05, 0.1) is 50.9 Å². The Morgan fingerprint density at radius 3 is 2.30 bits per heavy atom. The van der Waals surface area contributed by atoms with Gasteiger partial charge in [-0.25, -0.2) is 4.98 Å². The van der Waals surface area contributed by atoms with Gasteiger partial charge in [-0.3, -0.25) is 14.7 Å². The number of fused-ring (bicyclic) bond motifs is 1. The van der Waals surface area contributed by atoms with Crippen LogP contribution in [0.15, 0.2) is 54.7 Å². The molecule has 0 unspecified atom stereocenters. The molecule has 2 heterocycles. The molecule has 4 rings (SSSR count). The molecule has 0 saturated carbocycles. The number of anilines is 1. The molecule has 0 spiro atoms. The van der Waals surface area contributed by atoms with Crippen LogP contribution in [0, 0.1) is 0 Å². The minimum Gasteiger partial charge on any atom is -0.497 e. The monoisotopic (exact) mass is 465 g/mol. The molecule has 0 aliphatic carbocycles. The lowest BCUT2D eigenvalue weighted by molar-refractivity contribution is 0.0984. The average Bonchev–Trinajstić information content (AvgIpc) is 3.29. The maximum Gasteiger partial charge on any atom is 0.260 e. The smallest absolute Gasteiger partial charge is 0.260 e.